The van der Waals surface area contributed by atoms with Crippen molar-refractivity contribution in [3.63, 3.8) is 0 Å². The highest BCUT2D eigenvalue weighted by Gasteiger charge is 2.22. The molecule has 1 aliphatic rings. The van der Waals surface area contributed by atoms with Crippen LogP contribution in [-0.2, 0) is 14.3 Å². The van der Waals surface area contributed by atoms with Gasteiger partial charge in [-0.2, -0.15) is 0 Å². The van der Waals surface area contributed by atoms with Crippen molar-refractivity contribution in [1.82, 2.24) is 0 Å². The molecule has 1 aliphatic heterocycles. The predicted octanol–water partition coefficient (Wildman–Crippen LogP) is 2.06. The van der Waals surface area contributed by atoms with E-state index in [1.165, 1.54) is 0 Å². The molecule has 3 nitrogen and oxygen atoms in total. The lowest BCUT2D eigenvalue weighted by molar-refractivity contribution is -0.148. The van der Waals surface area contributed by atoms with E-state index in [2.05, 4.69) is 6.58 Å². The van der Waals surface area contributed by atoms with Gasteiger partial charge in [-0.1, -0.05) is 6.08 Å². The summed E-state index contributed by atoms with van der Waals surface area (Å²) in [6.07, 6.45) is 5.37. The van der Waals surface area contributed by atoms with Gasteiger partial charge in [0.25, 0.3) is 0 Å². The Bertz CT molecular complexity index is 201. The number of hydrogen-bond donors (Lipinski definition) is 0. The smallest absolute Gasteiger partial charge is 0.308 e. The molecule has 0 aromatic carbocycles. The van der Waals surface area contributed by atoms with E-state index in [1.807, 2.05) is 6.92 Å². The first-order valence-corrected chi connectivity index (χ1v) is 5.20. The van der Waals surface area contributed by atoms with Crippen molar-refractivity contribution in [2.24, 2.45) is 0 Å². The van der Waals surface area contributed by atoms with Crippen LogP contribution in [0.5, 0.6) is 0 Å². The Balaban J connectivity index is 2.29. The molecule has 0 saturated carbocycles. The number of carbonyl (C=O) groups excluding carboxylic acids is 1. The minimum absolute atomic E-state index is 0.0193. The summed E-state index contributed by atoms with van der Waals surface area (Å²) in [4.78, 5) is 11.2. The number of carbonyl (C=O) groups is 1. The Morgan fingerprint density at radius 3 is 3.07 bits per heavy atom. The fraction of sp³-hybridized carbons (Fsp3) is 0.727. The Labute approximate surface area is 85.1 Å². The summed E-state index contributed by atoms with van der Waals surface area (Å²) < 4.78 is 10.5. The fourth-order valence-electron chi connectivity index (χ4n) is 1.66. The molecule has 0 spiro atoms. The average molecular weight is 198 g/mol. The Morgan fingerprint density at radius 1 is 1.64 bits per heavy atom. The zero-order valence-corrected chi connectivity index (χ0v) is 8.70. The molecule has 0 aromatic heterocycles. The van der Waals surface area contributed by atoms with Crippen LogP contribution in [0.25, 0.3) is 0 Å². The highest BCUT2D eigenvalue weighted by Crippen LogP contribution is 2.21. The minimum atomic E-state index is -0.165. The third-order valence-corrected chi connectivity index (χ3v) is 2.34. The predicted molar refractivity (Wildman–Crippen MR) is 54.0 cm³/mol. The first kappa shape index (κ1) is 11.2. The molecule has 0 aliphatic carbocycles. The van der Waals surface area contributed by atoms with E-state index in [-0.39, 0.29) is 18.2 Å². The van der Waals surface area contributed by atoms with Gasteiger partial charge < -0.3 is 9.47 Å². The van der Waals surface area contributed by atoms with E-state index in [9.17, 15) is 4.79 Å². The van der Waals surface area contributed by atoms with Crippen molar-refractivity contribution >= 4 is 5.97 Å². The second-order valence-corrected chi connectivity index (χ2v) is 3.47. The molecule has 0 amide bonds. The van der Waals surface area contributed by atoms with Gasteiger partial charge >= 0.3 is 5.97 Å². The molecule has 14 heavy (non-hydrogen) atoms. The average Bonchev–Trinajstić information content (AvgIpc) is 2.18. The highest BCUT2D eigenvalue weighted by atomic mass is 16.5. The zero-order chi connectivity index (χ0) is 10.4. The SMILES string of the molecule is C=C[C@@H]1CCC[C@H](CC(=O)OCC)O1. The van der Waals surface area contributed by atoms with Crippen LogP contribution in [0.15, 0.2) is 12.7 Å². The van der Waals surface area contributed by atoms with Crippen molar-refractivity contribution in [2.45, 2.75) is 44.8 Å². The van der Waals surface area contributed by atoms with Gasteiger partial charge in [0.05, 0.1) is 25.2 Å². The molecule has 0 N–H and O–H groups in total. The second kappa shape index (κ2) is 5.81. The van der Waals surface area contributed by atoms with Crippen LogP contribution in [0.4, 0.5) is 0 Å². The Kier molecular flexibility index (Phi) is 4.66. The van der Waals surface area contributed by atoms with E-state index < -0.39 is 0 Å². The molecule has 2 atom stereocenters. The number of rotatable bonds is 4. The van der Waals surface area contributed by atoms with Gasteiger partial charge in [-0.3, -0.25) is 4.79 Å². The molecule has 1 saturated heterocycles. The summed E-state index contributed by atoms with van der Waals surface area (Å²) in [5.74, 6) is -0.165. The molecule has 1 fully saturated rings. The number of hydrogen-bond acceptors (Lipinski definition) is 3. The third-order valence-electron chi connectivity index (χ3n) is 2.34. The molecule has 0 aromatic rings. The molecule has 80 valence electrons. The topological polar surface area (TPSA) is 35.5 Å². The van der Waals surface area contributed by atoms with Crippen LogP contribution < -0.4 is 0 Å². The van der Waals surface area contributed by atoms with Crippen LogP contribution in [0.2, 0.25) is 0 Å². The largest absolute Gasteiger partial charge is 0.466 e. The van der Waals surface area contributed by atoms with E-state index in [0.717, 1.165) is 19.3 Å². The monoisotopic (exact) mass is 198 g/mol. The standard InChI is InChI=1S/C11H18O3/c1-3-9-6-5-7-10(14-9)8-11(12)13-4-2/h3,9-10H,1,4-8H2,2H3/t9-,10-/m1/s1. The summed E-state index contributed by atoms with van der Waals surface area (Å²) >= 11 is 0. The normalized spacial score (nSPS) is 26.9. The molecule has 1 heterocycles. The van der Waals surface area contributed by atoms with E-state index >= 15 is 0 Å². The second-order valence-electron chi connectivity index (χ2n) is 3.47. The van der Waals surface area contributed by atoms with Gasteiger partial charge in [-0.25, -0.2) is 0 Å². The lowest BCUT2D eigenvalue weighted by atomic mass is 10.0. The lowest BCUT2D eigenvalue weighted by Gasteiger charge is -2.27. The molecule has 0 unspecified atom stereocenters. The van der Waals surface area contributed by atoms with Crippen molar-refractivity contribution in [1.29, 1.82) is 0 Å². The van der Waals surface area contributed by atoms with Crippen molar-refractivity contribution < 1.29 is 14.3 Å². The molecule has 1 rings (SSSR count). The number of esters is 1. The Hall–Kier alpha value is -0.830. The number of ether oxygens (including phenoxy) is 2. The van der Waals surface area contributed by atoms with Crippen molar-refractivity contribution in [3.05, 3.63) is 12.7 Å². The lowest BCUT2D eigenvalue weighted by Crippen LogP contribution is -2.28. The minimum Gasteiger partial charge on any atom is -0.466 e. The molecular weight excluding hydrogens is 180 g/mol. The fourth-order valence-corrected chi connectivity index (χ4v) is 1.66. The molecule has 0 bridgehead atoms. The van der Waals surface area contributed by atoms with Crippen LogP contribution in [0, 0.1) is 0 Å². The van der Waals surface area contributed by atoms with Gasteiger partial charge in [0.1, 0.15) is 0 Å². The van der Waals surface area contributed by atoms with Crippen LogP contribution in [-0.4, -0.2) is 24.8 Å². The van der Waals surface area contributed by atoms with Gasteiger partial charge in [-0.15, -0.1) is 6.58 Å². The van der Waals surface area contributed by atoms with Crippen molar-refractivity contribution in [2.75, 3.05) is 6.61 Å². The first-order chi connectivity index (χ1) is 6.76. The third kappa shape index (κ3) is 3.50. The molecular formula is C11H18O3. The first-order valence-electron chi connectivity index (χ1n) is 5.20. The van der Waals surface area contributed by atoms with E-state index in [4.69, 9.17) is 9.47 Å². The maximum absolute atomic E-state index is 11.2. The van der Waals surface area contributed by atoms with E-state index in [0.29, 0.717) is 13.0 Å². The maximum Gasteiger partial charge on any atom is 0.308 e. The summed E-state index contributed by atoms with van der Waals surface area (Å²) in [6.45, 7) is 5.95. The quantitative estimate of drug-likeness (QED) is 0.512. The van der Waals surface area contributed by atoms with Gasteiger partial charge in [0.2, 0.25) is 0 Å². The molecule has 0 radical (unpaired) electrons. The van der Waals surface area contributed by atoms with E-state index in [1.54, 1.807) is 6.08 Å². The van der Waals surface area contributed by atoms with Crippen LogP contribution in [0.3, 0.4) is 0 Å². The van der Waals surface area contributed by atoms with Crippen LogP contribution in [0.1, 0.15) is 32.6 Å². The summed E-state index contributed by atoms with van der Waals surface area (Å²) in [6, 6.07) is 0. The Morgan fingerprint density at radius 2 is 2.43 bits per heavy atom. The summed E-state index contributed by atoms with van der Waals surface area (Å²) in [5.41, 5.74) is 0. The van der Waals surface area contributed by atoms with Gasteiger partial charge in [-0.05, 0) is 26.2 Å². The van der Waals surface area contributed by atoms with Crippen LogP contribution >= 0.6 is 0 Å². The summed E-state index contributed by atoms with van der Waals surface area (Å²) in [5, 5.41) is 0. The molecule has 3 heteroatoms. The van der Waals surface area contributed by atoms with Gasteiger partial charge in [0.15, 0.2) is 0 Å². The van der Waals surface area contributed by atoms with Crippen molar-refractivity contribution in [3.8, 4) is 0 Å². The maximum atomic E-state index is 11.2. The highest BCUT2D eigenvalue weighted by molar-refractivity contribution is 5.69. The summed E-state index contributed by atoms with van der Waals surface area (Å²) in [7, 11) is 0. The zero-order valence-electron chi connectivity index (χ0n) is 8.70. The van der Waals surface area contributed by atoms with Gasteiger partial charge in [0, 0.05) is 0 Å².